The van der Waals surface area contributed by atoms with Crippen LogP contribution >= 0.6 is 0 Å². The van der Waals surface area contributed by atoms with Crippen molar-refractivity contribution in [3.63, 3.8) is 0 Å². The number of nitrogens with one attached hydrogen (secondary N) is 1. The Morgan fingerprint density at radius 3 is 2.42 bits per heavy atom. The minimum absolute atomic E-state index is 0.218. The molecule has 0 aliphatic carbocycles. The minimum Gasteiger partial charge on any atom is -0.376 e. The fourth-order valence-electron chi connectivity index (χ4n) is 2.74. The van der Waals surface area contributed by atoms with Gasteiger partial charge in [-0.2, -0.15) is 0 Å². The van der Waals surface area contributed by atoms with Crippen LogP contribution in [-0.2, 0) is 10.2 Å². The lowest BCUT2D eigenvalue weighted by molar-refractivity contribution is 0.0788. The Morgan fingerprint density at radius 2 is 1.95 bits per heavy atom. The van der Waals surface area contributed by atoms with Gasteiger partial charge in [-0.3, -0.25) is 0 Å². The zero-order chi connectivity index (χ0) is 13.9. The predicted octanol–water partition coefficient (Wildman–Crippen LogP) is 3.81. The Labute approximate surface area is 117 Å². The standard InChI is InChI=1S/C17H27NO/c1-5-18-16(15-7-6-12-19-15)13-8-10-14(11-9-13)17(2,3)4/h8-11,15-16,18H,5-7,12H2,1-4H3. The van der Waals surface area contributed by atoms with Crippen molar-refractivity contribution < 1.29 is 4.74 Å². The molecule has 1 aliphatic heterocycles. The fraction of sp³-hybridized carbons (Fsp3) is 0.647. The van der Waals surface area contributed by atoms with E-state index in [0.717, 1.165) is 13.2 Å². The summed E-state index contributed by atoms with van der Waals surface area (Å²) in [5.74, 6) is 0. The molecule has 1 saturated heterocycles. The quantitative estimate of drug-likeness (QED) is 0.890. The van der Waals surface area contributed by atoms with Crippen LogP contribution in [0.3, 0.4) is 0 Å². The molecule has 1 aliphatic rings. The third kappa shape index (κ3) is 3.58. The van der Waals surface area contributed by atoms with Gasteiger partial charge in [-0.15, -0.1) is 0 Å². The lowest BCUT2D eigenvalue weighted by atomic mass is 9.86. The van der Waals surface area contributed by atoms with Gasteiger partial charge >= 0.3 is 0 Å². The molecule has 2 nitrogen and oxygen atoms in total. The molecule has 2 rings (SSSR count). The van der Waals surface area contributed by atoms with E-state index in [0.29, 0.717) is 12.1 Å². The van der Waals surface area contributed by atoms with E-state index in [9.17, 15) is 0 Å². The van der Waals surface area contributed by atoms with Crippen molar-refractivity contribution in [1.82, 2.24) is 5.32 Å². The molecule has 1 heterocycles. The first kappa shape index (κ1) is 14.5. The molecule has 0 aromatic heterocycles. The van der Waals surface area contributed by atoms with Crippen molar-refractivity contribution in [1.29, 1.82) is 0 Å². The number of ether oxygens (including phenoxy) is 1. The maximum atomic E-state index is 5.86. The highest BCUT2D eigenvalue weighted by Crippen LogP contribution is 2.29. The van der Waals surface area contributed by atoms with E-state index in [-0.39, 0.29) is 5.41 Å². The molecule has 2 unspecified atom stereocenters. The molecule has 0 amide bonds. The van der Waals surface area contributed by atoms with Gasteiger partial charge in [0.25, 0.3) is 0 Å². The average Bonchev–Trinajstić information content (AvgIpc) is 2.89. The Hall–Kier alpha value is -0.860. The van der Waals surface area contributed by atoms with Gasteiger partial charge in [0.05, 0.1) is 12.1 Å². The van der Waals surface area contributed by atoms with Crippen molar-refractivity contribution in [3.8, 4) is 0 Å². The molecular formula is C17H27NO. The molecule has 19 heavy (non-hydrogen) atoms. The molecular weight excluding hydrogens is 234 g/mol. The lowest BCUT2D eigenvalue weighted by Crippen LogP contribution is -2.31. The highest BCUT2D eigenvalue weighted by atomic mass is 16.5. The Bertz CT molecular complexity index is 385. The number of benzene rings is 1. The molecule has 1 aromatic rings. The van der Waals surface area contributed by atoms with Crippen LogP contribution in [0.15, 0.2) is 24.3 Å². The molecule has 1 fully saturated rings. The van der Waals surface area contributed by atoms with Gasteiger partial charge < -0.3 is 10.1 Å². The molecule has 2 atom stereocenters. The monoisotopic (exact) mass is 261 g/mol. The summed E-state index contributed by atoms with van der Waals surface area (Å²) in [7, 11) is 0. The second-order valence-electron chi connectivity index (χ2n) is 6.46. The van der Waals surface area contributed by atoms with E-state index in [1.807, 2.05) is 0 Å². The van der Waals surface area contributed by atoms with Crippen LogP contribution in [0, 0.1) is 0 Å². The summed E-state index contributed by atoms with van der Waals surface area (Å²) in [6.07, 6.45) is 2.69. The summed E-state index contributed by atoms with van der Waals surface area (Å²) in [5.41, 5.74) is 2.95. The normalized spacial score (nSPS) is 21.6. The lowest BCUT2D eigenvalue weighted by Gasteiger charge is -2.25. The second-order valence-corrected chi connectivity index (χ2v) is 6.46. The number of likely N-dealkylation sites (N-methyl/N-ethyl adjacent to an activating group) is 1. The SMILES string of the molecule is CCNC(c1ccc(C(C)(C)C)cc1)C1CCCO1. The van der Waals surface area contributed by atoms with E-state index >= 15 is 0 Å². The van der Waals surface area contributed by atoms with Crippen LogP contribution in [0.2, 0.25) is 0 Å². The minimum atomic E-state index is 0.218. The van der Waals surface area contributed by atoms with Crippen molar-refractivity contribution in [2.45, 2.75) is 58.1 Å². The van der Waals surface area contributed by atoms with Crippen LogP contribution in [0.4, 0.5) is 0 Å². The first-order valence-corrected chi connectivity index (χ1v) is 7.48. The molecule has 0 spiro atoms. The van der Waals surface area contributed by atoms with Crippen molar-refractivity contribution >= 4 is 0 Å². The smallest absolute Gasteiger partial charge is 0.0770 e. The van der Waals surface area contributed by atoms with E-state index in [2.05, 4.69) is 57.3 Å². The Balaban J connectivity index is 2.17. The van der Waals surface area contributed by atoms with Gasteiger partial charge in [-0.1, -0.05) is 52.0 Å². The van der Waals surface area contributed by atoms with Crippen LogP contribution in [0.1, 0.15) is 57.7 Å². The summed E-state index contributed by atoms with van der Waals surface area (Å²) >= 11 is 0. The van der Waals surface area contributed by atoms with Crippen LogP contribution in [0.25, 0.3) is 0 Å². The van der Waals surface area contributed by atoms with Crippen molar-refractivity contribution in [2.75, 3.05) is 13.2 Å². The Kier molecular flexibility index (Phi) is 4.64. The third-order valence-corrected chi connectivity index (χ3v) is 3.90. The summed E-state index contributed by atoms with van der Waals surface area (Å²) in [6.45, 7) is 10.8. The number of rotatable bonds is 4. The van der Waals surface area contributed by atoms with E-state index in [4.69, 9.17) is 4.74 Å². The van der Waals surface area contributed by atoms with Gasteiger partial charge in [-0.25, -0.2) is 0 Å². The summed E-state index contributed by atoms with van der Waals surface area (Å²) in [4.78, 5) is 0. The van der Waals surface area contributed by atoms with Crippen LogP contribution in [-0.4, -0.2) is 19.3 Å². The summed E-state index contributed by atoms with van der Waals surface area (Å²) in [6, 6.07) is 9.37. The van der Waals surface area contributed by atoms with Gasteiger partial charge in [-0.05, 0) is 35.9 Å². The van der Waals surface area contributed by atoms with E-state index in [1.54, 1.807) is 0 Å². The largest absolute Gasteiger partial charge is 0.376 e. The first-order valence-electron chi connectivity index (χ1n) is 7.48. The van der Waals surface area contributed by atoms with Gasteiger partial charge in [0.2, 0.25) is 0 Å². The second kappa shape index (κ2) is 6.06. The molecule has 0 bridgehead atoms. The average molecular weight is 261 g/mol. The zero-order valence-electron chi connectivity index (χ0n) is 12.7. The first-order chi connectivity index (χ1) is 9.02. The van der Waals surface area contributed by atoms with Gasteiger partial charge in [0.15, 0.2) is 0 Å². The van der Waals surface area contributed by atoms with Crippen molar-refractivity contribution in [2.24, 2.45) is 0 Å². The predicted molar refractivity (Wildman–Crippen MR) is 80.5 cm³/mol. The highest BCUT2D eigenvalue weighted by molar-refractivity contribution is 5.30. The maximum absolute atomic E-state index is 5.86. The molecule has 0 saturated carbocycles. The maximum Gasteiger partial charge on any atom is 0.0770 e. The molecule has 2 heteroatoms. The molecule has 0 radical (unpaired) electrons. The van der Waals surface area contributed by atoms with Crippen LogP contribution < -0.4 is 5.32 Å². The molecule has 106 valence electrons. The zero-order valence-corrected chi connectivity index (χ0v) is 12.7. The van der Waals surface area contributed by atoms with E-state index < -0.39 is 0 Å². The van der Waals surface area contributed by atoms with E-state index in [1.165, 1.54) is 24.0 Å². The molecule has 1 aromatic carbocycles. The summed E-state index contributed by atoms with van der Waals surface area (Å²) < 4.78 is 5.86. The van der Waals surface area contributed by atoms with Gasteiger partial charge in [0.1, 0.15) is 0 Å². The van der Waals surface area contributed by atoms with Gasteiger partial charge in [0, 0.05) is 6.61 Å². The van der Waals surface area contributed by atoms with Crippen LogP contribution in [0.5, 0.6) is 0 Å². The number of hydrogen-bond acceptors (Lipinski definition) is 2. The van der Waals surface area contributed by atoms with Crippen molar-refractivity contribution in [3.05, 3.63) is 35.4 Å². The topological polar surface area (TPSA) is 21.3 Å². The highest BCUT2D eigenvalue weighted by Gasteiger charge is 2.26. The third-order valence-electron chi connectivity index (χ3n) is 3.90. The Morgan fingerprint density at radius 1 is 1.26 bits per heavy atom. The molecule has 1 N–H and O–H groups in total. The fourth-order valence-corrected chi connectivity index (χ4v) is 2.74. The number of hydrogen-bond donors (Lipinski definition) is 1. The summed E-state index contributed by atoms with van der Waals surface area (Å²) in [5, 5.41) is 3.57.